The molecule has 0 amide bonds. The molecule has 14 heteroatoms. The maximum atomic E-state index is 9.91. The van der Waals surface area contributed by atoms with Gasteiger partial charge in [0.15, 0.2) is 0 Å². The smallest absolute Gasteiger partial charge is 0.549 e. The van der Waals surface area contributed by atoms with Gasteiger partial charge in [-0.3, -0.25) is 9.11 Å². The SMILES string of the molecule is CC(C(=O)[O-])S(=O)(=O)O.CC(C(=O)[O-])S(=O)(=O)O.[Li+].[Li+]. The average Bonchev–Trinajstić information content (AvgIpc) is 2.13. The van der Waals surface area contributed by atoms with Crippen molar-refractivity contribution in [2.24, 2.45) is 0 Å². The molecule has 0 aliphatic heterocycles. The van der Waals surface area contributed by atoms with Crippen LogP contribution in [0.3, 0.4) is 0 Å². The van der Waals surface area contributed by atoms with E-state index in [4.69, 9.17) is 9.11 Å². The summed E-state index contributed by atoms with van der Waals surface area (Å²) in [6, 6.07) is 0. The Bertz CT molecular complexity index is 462. The van der Waals surface area contributed by atoms with Crippen LogP contribution in [0.25, 0.3) is 0 Å². The Balaban J connectivity index is -0.000000116. The van der Waals surface area contributed by atoms with Crippen molar-refractivity contribution in [3.8, 4) is 0 Å². The van der Waals surface area contributed by atoms with Crippen LogP contribution in [0, 0.1) is 0 Å². The summed E-state index contributed by atoms with van der Waals surface area (Å²) >= 11 is 0. The second-order valence-corrected chi connectivity index (χ2v) is 6.43. The van der Waals surface area contributed by atoms with Crippen LogP contribution in [0.15, 0.2) is 0 Å². The summed E-state index contributed by atoms with van der Waals surface area (Å²) in [6.07, 6.45) is 0. The van der Waals surface area contributed by atoms with Gasteiger partial charge < -0.3 is 19.8 Å². The van der Waals surface area contributed by atoms with E-state index >= 15 is 0 Å². The Hall–Kier alpha value is -0.0452. The third-order valence-electron chi connectivity index (χ3n) is 1.56. The molecule has 0 aliphatic rings. The van der Waals surface area contributed by atoms with Crippen molar-refractivity contribution in [2.75, 3.05) is 0 Å². The van der Waals surface area contributed by atoms with Gasteiger partial charge >= 0.3 is 37.7 Å². The van der Waals surface area contributed by atoms with Gasteiger partial charge in [0.2, 0.25) is 0 Å². The zero-order valence-electron chi connectivity index (χ0n) is 11.1. The molecule has 0 bridgehead atoms. The van der Waals surface area contributed by atoms with Gasteiger partial charge in [0.1, 0.15) is 10.5 Å². The topological polar surface area (TPSA) is 189 Å². The van der Waals surface area contributed by atoms with Crippen molar-refractivity contribution in [1.82, 2.24) is 0 Å². The summed E-state index contributed by atoms with van der Waals surface area (Å²) in [4.78, 5) is 19.4. The number of aliphatic carboxylic acids is 2. The minimum Gasteiger partial charge on any atom is -0.549 e. The standard InChI is InChI=1S/2C3H6O5S.2Li/c2*1-2(3(4)5)9(6,7)8;;/h2*2H,1H3,(H,4,5)(H,6,7,8);;/q;;2*+1/p-2. The molecule has 0 saturated carbocycles. The quantitative estimate of drug-likeness (QED) is 0.371. The number of carbonyl (C=O) groups is 2. The van der Waals surface area contributed by atoms with E-state index in [0.717, 1.165) is 13.8 Å². The van der Waals surface area contributed by atoms with E-state index in [0.29, 0.717) is 0 Å². The van der Waals surface area contributed by atoms with E-state index in [2.05, 4.69) is 0 Å². The van der Waals surface area contributed by atoms with Gasteiger partial charge in [0.05, 0.1) is 11.9 Å². The van der Waals surface area contributed by atoms with Crippen LogP contribution in [-0.4, -0.2) is 48.4 Å². The van der Waals surface area contributed by atoms with E-state index < -0.39 is 42.7 Å². The summed E-state index contributed by atoms with van der Waals surface area (Å²) in [7, 11) is -8.93. The average molecular weight is 320 g/mol. The molecule has 2 unspecified atom stereocenters. The van der Waals surface area contributed by atoms with E-state index in [1.54, 1.807) is 0 Å². The van der Waals surface area contributed by atoms with Crippen molar-refractivity contribution in [2.45, 2.75) is 24.3 Å². The van der Waals surface area contributed by atoms with Crippen LogP contribution >= 0.6 is 0 Å². The Morgan fingerprint density at radius 2 is 0.950 bits per heavy atom. The molecule has 108 valence electrons. The second kappa shape index (κ2) is 10.6. The molecule has 2 N–H and O–H groups in total. The Kier molecular flexibility index (Phi) is 15.0. The molecule has 0 aliphatic carbocycles. The van der Waals surface area contributed by atoms with Gasteiger partial charge in [0.25, 0.3) is 20.2 Å². The molecular formula is C6H10Li2O10S2. The van der Waals surface area contributed by atoms with Crippen molar-refractivity contribution < 1.29 is 83.5 Å². The number of hydrogen-bond acceptors (Lipinski definition) is 8. The molecule has 0 saturated heterocycles. The molecule has 0 fully saturated rings. The molecule has 2 atom stereocenters. The van der Waals surface area contributed by atoms with E-state index in [-0.39, 0.29) is 37.7 Å². The van der Waals surface area contributed by atoms with Gasteiger partial charge in [0, 0.05) is 0 Å². The minimum atomic E-state index is -4.46. The Labute approximate surface area is 139 Å². The first-order chi connectivity index (χ1) is 7.71. The van der Waals surface area contributed by atoms with Crippen molar-refractivity contribution in [3.05, 3.63) is 0 Å². The van der Waals surface area contributed by atoms with Crippen LogP contribution in [-0.2, 0) is 29.8 Å². The molecule has 10 nitrogen and oxygen atoms in total. The zero-order chi connectivity index (χ0) is 15.3. The molecule has 0 aromatic rings. The van der Waals surface area contributed by atoms with Crippen LogP contribution in [0.2, 0.25) is 0 Å². The number of rotatable bonds is 4. The maximum absolute atomic E-state index is 9.91. The maximum Gasteiger partial charge on any atom is 1.00 e. The van der Waals surface area contributed by atoms with Crippen LogP contribution in [0.5, 0.6) is 0 Å². The van der Waals surface area contributed by atoms with Gasteiger partial charge in [-0.15, -0.1) is 0 Å². The summed E-state index contributed by atoms with van der Waals surface area (Å²) in [5.74, 6) is -3.62. The molecule has 0 radical (unpaired) electrons. The first-order valence-electron chi connectivity index (χ1n) is 4.05. The Morgan fingerprint density at radius 3 is 0.950 bits per heavy atom. The number of carboxylic acid groups (broad SMARTS) is 2. The fourth-order valence-electron chi connectivity index (χ4n) is 0.243. The first kappa shape index (κ1) is 28.2. The summed E-state index contributed by atoms with van der Waals surface area (Å²) < 4.78 is 55.6. The molecule has 0 aromatic heterocycles. The van der Waals surface area contributed by atoms with Crippen molar-refractivity contribution >= 4 is 32.2 Å². The van der Waals surface area contributed by atoms with Gasteiger partial charge in [-0.2, -0.15) is 16.8 Å². The van der Waals surface area contributed by atoms with Crippen LogP contribution < -0.4 is 47.9 Å². The van der Waals surface area contributed by atoms with Gasteiger partial charge in [-0.25, -0.2) is 0 Å². The second-order valence-electron chi connectivity index (χ2n) is 2.95. The summed E-state index contributed by atoms with van der Waals surface area (Å²) in [5, 5.41) is 15.7. The molecule has 0 heterocycles. The Morgan fingerprint density at radius 1 is 0.800 bits per heavy atom. The fourth-order valence-corrected chi connectivity index (χ4v) is 0.730. The molecule has 0 aromatic carbocycles. The summed E-state index contributed by atoms with van der Waals surface area (Å²) in [5.41, 5.74) is 0. The summed E-state index contributed by atoms with van der Waals surface area (Å²) in [6.45, 7) is 1.65. The number of hydrogen-bond donors (Lipinski definition) is 2. The first-order valence-corrected chi connectivity index (χ1v) is 7.06. The largest absolute Gasteiger partial charge is 1.00 e. The van der Waals surface area contributed by atoms with Crippen molar-refractivity contribution in [1.29, 1.82) is 0 Å². The van der Waals surface area contributed by atoms with E-state index in [9.17, 15) is 36.6 Å². The monoisotopic (exact) mass is 320 g/mol. The normalized spacial score (nSPS) is 13.4. The third-order valence-corrected chi connectivity index (χ3v) is 3.73. The van der Waals surface area contributed by atoms with E-state index in [1.165, 1.54) is 0 Å². The third kappa shape index (κ3) is 13.0. The zero-order valence-corrected chi connectivity index (χ0v) is 12.8. The van der Waals surface area contributed by atoms with Crippen LogP contribution in [0.1, 0.15) is 13.8 Å². The fraction of sp³-hybridized carbons (Fsp3) is 0.667. The van der Waals surface area contributed by atoms with Crippen LogP contribution in [0.4, 0.5) is 0 Å². The number of carbonyl (C=O) groups excluding carboxylic acids is 2. The predicted octanol–water partition coefficient (Wildman–Crippen LogP) is -9.97. The number of carboxylic acids is 2. The van der Waals surface area contributed by atoms with Gasteiger partial charge in [-0.05, 0) is 13.8 Å². The molecule has 20 heavy (non-hydrogen) atoms. The minimum absolute atomic E-state index is 0. The van der Waals surface area contributed by atoms with Gasteiger partial charge in [-0.1, -0.05) is 0 Å². The predicted molar refractivity (Wildman–Crippen MR) is 52.0 cm³/mol. The van der Waals surface area contributed by atoms with E-state index in [1.807, 2.05) is 0 Å². The molecule has 0 spiro atoms. The molecular weight excluding hydrogens is 310 g/mol. The van der Waals surface area contributed by atoms with Crippen molar-refractivity contribution in [3.63, 3.8) is 0 Å². The molecule has 0 rings (SSSR count).